The Morgan fingerprint density at radius 1 is 0.630 bits per heavy atom. The van der Waals surface area contributed by atoms with Crippen molar-refractivity contribution in [2.75, 3.05) is 7.11 Å². The van der Waals surface area contributed by atoms with Crippen molar-refractivity contribution in [3.8, 4) is 0 Å². The summed E-state index contributed by atoms with van der Waals surface area (Å²) in [6.07, 6.45) is 10.3. The summed E-state index contributed by atoms with van der Waals surface area (Å²) in [4.78, 5) is 12.7. The SMILES string of the molecule is COC(=O)CCCC1(c2ccccc2)C2c3c4c5c6c3c3c(c7ccc8c9ccc%10c%11c%12c%13c%14c(c%15c6c6c3c7c8c(c9%11)c6c%12%15)C5C(C=C4)C%14CCC%10%13)C21. The summed E-state index contributed by atoms with van der Waals surface area (Å²) in [5, 5.41) is 28.8. The van der Waals surface area contributed by atoms with E-state index in [1.54, 1.807) is 125 Å². The van der Waals surface area contributed by atoms with Gasteiger partial charge in [0, 0.05) is 35.5 Å². The number of fused-ring (bicyclic) bond motifs is 8. The van der Waals surface area contributed by atoms with E-state index in [2.05, 4.69) is 66.7 Å². The van der Waals surface area contributed by atoms with Gasteiger partial charge < -0.3 is 4.74 Å². The van der Waals surface area contributed by atoms with Crippen LogP contribution < -0.4 is 0 Å². The minimum absolute atomic E-state index is 0.0628. The summed E-state index contributed by atoms with van der Waals surface area (Å²) in [7, 11) is 1.54. The number of carbonyl (C=O) groups excluding carboxylic acids is 1. The predicted molar refractivity (Wildman–Crippen MR) is 219 cm³/mol. The molecule has 0 radical (unpaired) electrons. The average molecular weight is 687 g/mol. The molecule has 7 aliphatic rings. The second kappa shape index (κ2) is 7.20. The number of benzene rings is 7. The van der Waals surface area contributed by atoms with Crippen LogP contribution in [-0.4, -0.2) is 13.1 Å². The summed E-state index contributed by atoms with van der Waals surface area (Å²) in [6, 6.07) is 21.7. The van der Waals surface area contributed by atoms with Gasteiger partial charge >= 0.3 is 5.97 Å². The number of methoxy groups -OCH3 is 1. The van der Waals surface area contributed by atoms with Gasteiger partial charge in [-0.1, -0.05) is 66.7 Å². The van der Waals surface area contributed by atoms with Gasteiger partial charge in [-0.3, -0.25) is 4.79 Å². The maximum atomic E-state index is 12.7. The molecule has 0 amide bonds. The summed E-state index contributed by atoms with van der Waals surface area (Å²) in [5.41, 5.74) is 14.9. The Hall–Kier alpha value is -5.47. The lowest BCUT2D eigenvalue weighted by Gasteiger charge is -2.31. The molecule has 11 aromatic rings. The lowest BCUT2D eigenvalue weighted by molar-refractivity contribution is -0.140. The molecule has 1 fully saturated rings. The highest BCUT2D eigenvalue weighted by Crippen LogP contribution is 2.82. The molecule has 250 valence electrons. The largest absolute Gasteiger partial charge is 0.469 e. The zero-order valence-corrected chi connectivity index (χ0v) is 29.7. The molecule has 11 aromatic carbocycles. The van der Waals surface area contributed by atoms with Crippen molar-refractivity contribution in [1.29, 1.82) is 0 Å². The van der Waals surface area contributed by atoms with E-state index < -0.39 is 0 Å². The van der Waals surface area contributed by atoms with Crippen molar-refractivity contribution < 1.29 is 9.53 Å². The van der Waals surface area contributed by atoms with Crippen molar-refractivity contribution in [3.63, 3.8) is 0 Å². The van der Waals surface area contributed by atoms with Gasteiger partial charge in [0.25, 0.3) is 0 Å². The van der Waals surface area contributed by atoms with Crippen LogP contribution >= 0.6 is 0 Å². The zero-order chi connectivity index (χ0) is 34.2. The van der Waals surface area contributed by atoms with Gasteiger partial charge in [0.2, 0.25) is 0 Å². The summed E-state index contributed by atoms with van der Waals surface area (Å²) in [6.45, 7) is 0. The van der Waals surface area contributed by atoms with Crippen LogP contribution in [0, 0.1) is 5.92 Å². The highest BCUT2D eigenvalue weighted by Gasteiger charge is 2.70. The molecule has 0 aromatic heterocycles. The number of hydrogen-bond acceptors (Lipinski definition) is 2. The third-order valence-corrected chi connectivity index (χ3v) is 17.8. The monoisotopic (exact) mass is 686 g/mol. The van der Waals surface area contributed by atoms with E-state index in [0.29, 0.717) is 41.9 Å². The molecule has 0 aliphatic heterocycles. The normalized spacial score (nSPS) is 28.6. The fourth-order valence-corrected chi connectivity index (χ4v) is 16.7. The van der Waals surface area contributed by atoms with Crippen molar-refractivity contribution >= 4 is 109 Å². The number of ether oxygens (including phenoxy) is 1. The van der Waals surface area contributed by atoms with Crippen LogP contribution in [0.2, 0.25) is 0 Å². The topological polar surface area (TPSA) is 26.3 Å². The quantitative estimate of drug-likeness (QED) is 0.133. The Morgan fingerprint density at radius 2 is 1.28 bits per heavy atom. The standard InChI is InChI=1S/C52H30O2/c1-54-27(53)8-5-17-52(18-6-3-2-4-7-18)50-36-25-15-13-23-21-11-9-19-20-10-12-22-24-14-16-26-35-33(24)40-31(22)29(20)38-28(19)30(21)39-32(23)34(25)41-43(36)44(37(26)51(50)52)42(35)49-47(40)45(38)46(39)48(41)49/h2-4,6-7,9,11,13-16,20,22,24,33,50-51H,5,8,10,12,17H2,1H3. The Balaban J connectivity index is 1.14. The Kier molecular flexibility index (Phi) is 3.41. The molecule has 0 spiro atoms. The molecule has 2 nitrogen and oxygen atoms in total. The van der Waals surface area contributed by atoms with Gasteiger partial charge in [-0.15, -0.1) is 0 Å². The zero-order valence-electron chi connectivity index (χ0n) is 29.7. The molecule has 0 heterocycles. The first-order chi connectivity index (χ1) is 26.7. The molecule has 0 saturated heterocycles. The van der Waals surface area contributed by atoms with Gasteiger partial charge in [-0.2, -0.15) is 0 Å². The Labute approximate surface area is 308 Å². The van der Waals surface area contributed by atoms with Crippen LogP contribution in [0.5, 0.6) is 0 Å². The van der Waals surface area contributed by atoms with E-state index in [4.69, 9.17) is 4.74 Å². The third-order valence-electron chi connectivity index (χ3n) is 17.8. The first-order valence-electron chi connectivity index (χ1n) is 20.6. The molecular weight excluding hydrogens is 657 g/mol. The first kappa shape index (κ1) is 25.5. The van der Waals surface area contributed by atoms with Gasteiger partial charge in [-0.25, -0.2) is 0 Å². The van der Waals surface area contributed by atoms with Crippen LogP contribution in [0.4, 0.5) is 0 Å². The smallest absolute Gasteiger partial charge is 0.305 e. The predicted octanol–water partition coefficient (Wildman–Crippen LogP) is 12.6. The minimum Gasteiger partial charge on any atom is -0.469 e. The number of rotatable bonds is 5. The van der Waals surface area contributed by atoms with E-state index >= 15 is 0 Å². The molecule has 7 atom stereocenters. The van der Waals surface area contributed by atoms with Crippen LogP contribution in [0.15, 0.2) is 60.7 Å². The van der Waals surface area contributed by atoms with Crippen molar-refractivity contribution in [3.05, 3.63) is 111 Å². The number of hydrogen-bond donors (Lipinski definition) is 0. The average Bonchev–Trinajstić information content (AvgIpc) is 3.81. The van der Waals surface area contributed by atoms with Gasteiger partial charge in [-0.05, 0) is 185 Å². The lowest BCUT2D eigenvalue weighted by Crippen LogP contribution is -2.18. The van der Waals surface area contributed by atoms with Crippen LogP contribution in [0.25, 0.3) is 103 Å². The van der Waals surface area contributed by atoms with E-state index in [-0.39, 0.29) is 11.4 Å². The summed E-state index contributed by atoms with van der Waals surface area (Å²) < 4.78 is 5.21. The lowest BCUT2D eigenvalue weighted by atomic mass is 9.72. The highest BCUT2D eigenvalue weighted by atomic mass is 16.5. The van der Waals surface area contributed by atoms with E-state index in [1.807, 2.05) is 0 Å². The second-order valence-electron chi connectivity index (χ2n) is 18.8. The van der Waals surface area contributed by atoms with E-state index in [1.165, 1.54) is 41.7 Å². The number of carbonyl (C=O) groups is 1. The second-order valence-corrected chi connectivity index (χ2v) is 18.8. The minimum atomic E-state index is -0.0910. The van der Waals surface area contributed by atoms with Gasteiger partial charge in [0.15, 0.2) is 0 Å². The first-order valence-corrected chi connectivity index (χ1v) is 20.6. The van der Waals surface area contributed by atoms with E-state index in [9.17, 15) is 4.79 Å². The van der Waals surface area contributed by atoms with Gasteiger partial charge in [0.1, 0.15) is 0 Å². The summed E-state index contributed by atoms with van der Waals surface area (Å²) in [5.74, 6) is 2.89. The molecule has 7 unspecified atom stereocenters. The Morgan fingerprint density at radius 3 is 2.13 bits per heavy atom. The third kappa shape index (κ3) is 2.00. The molecule has 54 heavy (non-hydrogen) atoms. The number of allylic oxidation sites excluding steroid dienone is 1. The van der Waals surface area contributed by atoms with Crippen LogP contribution in [0.3, 0.4) is 0 Å². The summed E-state index contributed by atoms with van der Waals surface area (Å²) >= 11 is 0. The Bertz CT molecular complexity index is 3730. The van der Waals surface area contributed by atoms with Crippen LogP contribution in [-0.2, 0) is 14.9 Å². The highest BCUT2D eigenvalue weighted by molar-refractivity contribution is 6.61. The molecule has 2 heteroatoms. The molecule has 0 bridgehead atoms. The van der Waals surface area contributed by atoms with E-state index in [0.717, 1.165) is 12.8 Å². The fraction of sp³-hybridized carbons (Fsp3) is 0.250. The molecule has 1 saturated carbocycles. The van der Waals surface area contributed by atoms with Gasteiger partial charge in [0.05, 0.1) is 7.11 Å². The van der Waals surface area contributed by atoms with Crippen molar-refractivity contribution in [1.82, 2.24) is 0 Å². The number of esters is 1. The van der Waals surface area contributed by atoms with Crippen LogP contribution in [0.1, 0.15) is 112 Å². The molecular formula is C52H30O2. The van der Waals surface area contributed by atoms with Crippen molar-refractivity contribution in [2.45, 2.75) is 67.1 Å². The maximum absolute atomic E-state index is 12.7. The van der Waals surface area contributed by atoms with Crippen molar-refractivity contribution in [2.24, 2.45) is 5.92 Å². The molecule has 0 N–H and O–H groups in total. The molecule has 18 rings (SSSR count). The maximum Gasteiger partial charge on any atom is 0.305 e. The fourth-order valence-electron chi connectivity index (χ4n) is 16.7. The molecule has 7 aliphatic carbocycles.